The van der Waals surface area contributed by atoms with Crippen LogP contribution in [0.25, 0.3) is 0 Å². The Morgan fingerprint density at radius 1 is 1.05 bits per heavy atom. The fourth-order valence-corrected chi connectivity index (χ4v) is 5.34. The summed E-state index contributed by atoms with van der Waals surface area (Å²) in [6, 6.07) is 0.720. The Balaban J connectivity index is 1.50. The average Bonchev–Trinajstić information content (AvgIpc) is 3.03. The number of amides is 1. The molecule has 1 atom stereocenters. The molecule has 0 aromatic carbocycles. The molecule has 0 spiro atoms. The standard InChI is InChI=1S/C16H26N2O3S/c19-16(12-14-6-11-22(20,21)13-14)18-8-3-7-17(9-10-18)15-4-1-2-5-15/h6,11,14-15H,1-5,7-10,12-13H2/t14-/m0/s1. The molecular formula is C16H26N2O3S. The molecule has 1 amide bonds. The van der Waals surface area contributed by atoms with Crippen LogP contribution >= 0.6 is 0 Å². The summed E-state index contributed by atoms with van der Waals surface area (Å²) in [7, 11) is -3.06. The molecule has 0 aromatic rings. The molecule has 0 bridgehead atoms. The Labute approximate surface area is 133 Å². The summed E-state index contributed by atoms with van der Waals surface area (Å²) in [6.45, 7) is 3.66. The van der Waals surface area contributed by atoms with Gasteiger partial charge in [-0.2, -0.15) is 0 Å². The summed E-state index contributed by atoms with van der Waals surface area (Å²) in [4.78, 5) is 16.9. The first-order valence-electron chi connectivity index (χ1n) is 8.46. The van der Waals surface area contributed by atoms with Crippen LogP contribution in [0.5, 0.6) is 0 Å². The maximum atomic E-state index is 12.4. The van der Waals surface area contributed by atoms with Crippen LogP contribution in [0.15, 0.2) is 11.5 Å². The number of carbonyl (C=O) groups is 1. The predicted molar refractivity (Wildman–Crippen MR) is 86.1 cm³/mol. The Bertz CT molecular complexity index is 538. The number of nitrogens with zero attached hydrogens (tertiary/aromatic N) is 2. The highest BCUT2D eigenvalue weighted by molar-refractivity contribution is 7.94. The van der Waals surface area contributed by atoms with Crippen LogP contribution in [-0.2, 0) is 14.6 Å². The van der Waals surface area contributed by atoms with Gasteiger partial charge in [-0.15, -0.1) is 0 Å². The molecule has 3 rings (SSSR count). The van der Waals surface area contributed by atoms with E-state index in [1.807, 2.05) is 4.90 Å². The third-order valence-corrected chi connectivity index (χ3v) is 6.63. The van der Waals surface area contributed by atoms with Crippen molar-refractivity contribution in [3.63, 3.8) is 0 Å². The van der Waals surface area contributed by atoms with Crippen LogP contribution in [0.4, 0.5) is 0 Å². The third-order valence-electron chi connectivity index (χ3n) is 5.17. The Morgan fingerprint density at radius 2 is 1.82 bits per heavy atom. The maximum absolute atomic E-state index is 12.4. The lowest BCUT2D eigenvalue weighted by molar-refractivity contribution is -0.131. The molecule has 1 aliphatic carbocycles. The lowest BCUT2D eigenvalue weighted by Gasteiger charge is -2.27. The molecule has 0 N–H and O–H groups in total. The number of rotatable bonds is 3. The highest BCUT2D eigenvalue weighted by Gasteiger charge is 2.29. The van der Waals surface area contributed by atoms with Gasteiger partial charge in [0.1, 0.15) is 0 Å². The van der Waals surface area contributed by atoms with Crippen molar-refractivity contribution in [1.29, 1.82) is 0 Å². The molecule has 0 radical (unpaired) electrons. The molecular weight excluding hydrogens is 300 g/mol. The zero-order valence-corrected chi connectivity index (χ0v) is 13.9. The average molecular weight is 326 g/mol. The minimum atomic E-state index is -3.06. The molecule has 6 heteroatoms. The monoisotopic (exact) mass is 326 g/mol. The van der Waals surface area contributed by atoms with Gasteiger partial charge in [0.2, 0.25) is 5.91 Å². The number of allylic oxidation sites excluding steroid dienone is 1. The van der Waals surface area contributed by atoms with Crippen molar-refractivity contribution in [2.24, 2.45) is 5.92 Å². The van der Waals surface area contributed by atoms with Gasteiger partial charge in [-0.25, -0.2) is 8.42 Å². The summed E-state index contributed by atoms with van der Waals surface area (Å²) < 4.78 is 22.9. The summed E-state index contributed by atoms with van der Waals surface area (Å²) in [5.41, 5.74) is 0. The van der Waals surface area contributed by atoms with Crippen molar-refractivity contribution in [2.45, 2.75) is 44.6 Å². The molecule has 0 aromatic heterocycles. The van der Waals surface area contributed by atoms with Gasteiger partial charge in [0, 0.05) is 50.0 Å². The van der Waals surface area contributed by atoms with E-state index < -0.39 is 9.84 Å². The molecule has 2 heterocycles. The Hall–Kier alpha value is -0.880. The minimum Gasteiger partial charge on any atom is -0.341 e. The molecule has 3 aliphatic rings. The topological polar surface area (TPSA) is 57.7 Å². The highest BCUT2D eigenvalue weighted by atomic mass is 32.2. The smallest absolute Gasteiger partial charge is 0.223 e. The van der Waals surface area contributed by atoms with Gasteiger partial charge in [-0.05, 0) is 19.3 Å². The fraction of sp³-hybridized carbons (Fsp3) is 0.812. The largest absolute Gasteiger partial charge is 0.341 e. The van der Waals surface area contributed by atoms with Crippen molar-refractivity contribution in [1.82, 2.24) is 9.80 Å². The van der Waals surface area contributed by atoms with E-state index >= 15 is 0 Å². The fourth-order valence-electron chi connectivity index (χ4n) is 3.94. The normalized spacial score (nSPS) is 29.8. The van der Waals surface area contributed by atoms with E-state index in [1.54, 1.807) is 6.08 Å². The van der Waals surface area contributed by atoms with Crippen molar-refractivity contribution in [3.05, 3.63) is 11.5 Å². The molecule has 1 saturated heterocycles. The highest BCUT2D eigenvalue weighted by Crippen LogP contribution is 2.25. The second-order valence-electron chi connectivity index (χ2n) is 6.83. The number of hydrogen-bond donors (Lipinski definition) is 0. The van der Waals surface area contributed by atoms with Crippen LogP contribution in [0.3, 0.4) is 0 Å². The van der Waals surface area contributed by atoms with Gasteiger partial charge in [-0.3, -0.25) is 9.69 Å². The first-order valence-corrected chi connectivity index (χ1v) is 10.2. The van der Waals surface area contributed by atoms with Gasteiger partial charge in [0.05, 0.1) is 5.75 Å². The van der Waals surface area contributed by atoms with Crippen molar-refractivity contribution < 1.29 is 13.2 Å². The Morgan fingerprint density at radius 3 is 2.50 bits per heavy atom. The Kier molecular flexibility index (Phi) is 4.88. The van der Waals surface area contributed by atoms with Crippen LogP contribution in [-0.4, -0.2) is 62.1 Å². The number of hydrogen-bond acceptors (Lipinski definition) is 4. The van der Waals surface area contributed by atoms with E-state index in [9.17, 15) is 13.2 Å². The van der Waals surface area contributed by atoms with Crippen molar-refractivity contribution in [2.75, 3.05) is 31.9 Å². The van der Waals surface area contributed by atoms with Crippen LogP contribution in [0.1, 0.15) is 38.5 Å². The second-order valence-corrected chi connectivity index (χ2v) is 8.76. The van der Waals surface area contributed by atoms with Crippen molar-refractivity contribution in [3.8, 4) is 0 Å². The quantitative estimate of drug-likeness (QED) is 0.787. The van der Waals surface area contributed by atoms with Gasteiger partial charge >= 0.3 is 0 Å². The zero-order valence-electron chi connectivity index (χ0n) is 13.1. The summed E-state index contributed by atoms with van der Waals surface area (Å²) in [5.74, 6) is 0.0764. The van der Waals surface area contributed by atoms with Gasteiger partial charge < -0.3 is 4.90 Å². The lowest BCUT2D eigenvalue weighted by atomic mass is 10.1. The van der Waals surface area contributed by atoms with Gasteiger partial charge in [0.15, 0.2) is 9.84 Å². The summed E-state index contributed by atoms with van der Waals surface area (Å²) >= 11 is 0. The van der Waals surface area contributed by atoms with Crippen LogP contribution in [0, 0.1) is 5.92 Å². The van der Waals surface area contributed by atoms with Crippen molar-refractivity contribution >= 4 is 15.7 Å². The SMILES string of the molecule is O=C(C[C@@H]1C=CS(=O)(=O)C1)N1CCCN(C2CCCC2)CC1. The minimum absolute atomic E-state index is 0.0980. The van der Waals surface area contributed by atoms with Gasteiger partial charge in [0.25, 0.3) is 0 Å². The van der Waals surface area contributed by atoms with Crippen LogP contribution in [0.2, 0.25) is 0 Å². The predicted octanol–water partition coefficient (Wildman–Crippen LogP) is 1.41. The zero-order chi connectivity index (χ0) is 15.6. The van der Waals surface area contributed by atoms with E-state index in [0.29, 0.717) is 6.42 Å². The van der Waals surface area contributed by atoms with Gasteiger partial charge in [-0.1, -0.05) is 18.9 Å². The summed E-state index contributed by atoms with van der Waals surface area (Å²) in [6.07, 6.45) is 8.33. The van der Waals surface area contributed by atoms with E-state index in [4.69, 9.17) is 0 Å². The molecule has 22 heavy (non-hydrogen) atoms. The second kappa shape index (κ2) is 6.71. The van der Waals surface area contributed by atoms with E-state index in [0.717, 1.165) is 38.6 Å². The number of sulfone groups is 1. The van der Waals surface area contributed by atoms with Crippen LogP contribution < -0.4 is 0 Å². The summed E-state index contributed by atoms with van der Waals surface area (Å²) in [5, 5.41) is 1.26. The third kappa shape index (κ3) is 3.90. The van der Waals surface area contributed by atoms with E-state index in [-0.39, 0.29) is 17.6 Å². The number of carbonyl (C=O) groups excluding carboxylic acids is 1. The molecule has 1 saturated carbocycles. The van der Waals surface area contributed by atoms with E-state index in [1.165, 1.54) is 31.1 Å². The lowest BCUT2D eigenvalue weighted by Crippen LogP contribution is -2.38. The molecule has 5 nitrogen and oxygen atoms in total. The molecule has 124 valence electrons. The molecule has 0 unspecified atom stereocenters. The first kappa shape index (κ1) is 16.0. The van der Waals surface area contributed by atoms with E-state index in [2.05, 4.69) is 4.90 Å². The maximum Gasteiger partial charge on any atom is 0.223 e. The first-order chi connectivity index (χ1) is 10.5. The molecule has 2 aliphatic heterocycles. The molecule has 2 fully saturated rings.